The topological polar surface area (TPSA) is 51.2 Å². The van der Waals surface area contributed by atoms with Crippen LogP contribution in [0.2, 0.25) is 5.02 Å². The Hall–Kier alpha value is -2.09. The smallest absolute Gasteiger partial charge is 0.161 e. The monoisotopic (exact) mass is 473 g/mol. The Morgan fingerprint density at radius 2 is 1.88 bits per heavy atom. The highest BCUT2D eigenvalue weighted by molar-refractivity contribution is 7.10. The molecule has 32 heavy (non-hydrogen) atoms. The van der Waals surface area contributed by atoms with Gasteiger partial charge in [0.05, 0.1) is 39.6 Å². The van der Waals surface area contributed by atoms with Crippen molar-refractivity contribution in [2.75, 3.05) is 33.9 Å². The van der Waals surface area contributed by atoms with Crippen molar-refractivity contribution < 1.29 is 19.3 Å². The van der Waals surface area contributed by atoms with Crippen LogP contribution in [0.15, 0.2) is 53.9 Å². The van der Waals surface area contributed by atoms with Gasteiger partial charge in [0.2, 0.25) is 0 Å². The lowest BCUT2D eigenvalue weighted by Crippen LogP contribution is -2.41. The van der Waals surface area contributed by atoms with Crippen molar-refractivity contribution >= 4 is 22.9 Å². The molecule has 0 fully saturated rings. The number of rotatable bonds is 9. The first-order valence-corrected chi connectivity index (χ1v) is 11.9. The first-order chi connectivity index (χ1) is 15.6. The summed E-state index contributed by atoms with van der Waals surface area (Å²) in [5, 5.41) is 13.5. The molecular formula is C25H28ClNO4S. The summed E-state index contributed by atoms with van der Waals surface area (Å²) in [5.41, 5.74) is 3.49. The Kier molecular flexibility index (Phi) is 7.71. The first kappa shape index (κ1) is 23.1. The molecule has 2 heterocycles. The lowest BCUT2D eigenvalue weighted by Gasteiger charge is -2.38. The third kappa shape index (κ3) is 5.27. The number of nitrogens with zero attached hydrogens (tertiary/aromatic N) is 1. The van der Waals surface area contributed by atoms with Gasteiger partial charge in [0.15, 0.2) is 11.5 Å². The Morgan fingerprint density at radius 3 is 2.56 bits per heavy atom. The van der Waals surface area contributed by atoms with Crippen LogP contribution in [-0.2, 0) is 17.8 Å². The number of aliphatic hydroxyl groups excluding tert-OH is 1. The van der Waals surface area contributed by atoms with Gasteiger partial charge in [-0.25, -0.2) is 0 Å². The van der Waals surface area contributed by atoms with Gasteiger partial charge in [-0.15, -0.1) is 11.3 Å². The van der Waals surface area contributed by atoms with Crippen molar-refractivity contribution in [2.24, 2.45) is 0 Å². The van der Waals surface area contributed by atoms with E-state index >= 15 is 0 Å². The van der Waals surface area contributed by atoms with Gasteiger partial charge < -0.3 is 19.3 Å². The van der Waals surface area contributed by atoms with Crippen molar-refractivity contribution in [1.82, 2.24) is 4.90 Å². The number of aliphatic hydroxyl groups is 1. The van der Waals surface area contributed by atoms with Crippen LogP contribution in [0.1, 0.15) is 27.6 Å². The lowest BCUT2D eigenvalue weighted by molar-refractivity contribution is 0.00401. The molecule has 1 aliphatic heterocycles. The van der Waals surface area contributed by atoms with Gasteiger partial charge in [0, 0.05) is 23.0 Å². The van der Waals surface area contributed by atoms with E-state index < -0.39 is 6.10 Å². The summed E-state index contributed by atoms with van der Waals surface area (Å²) in [6.07, 6.45) is 0.294. The molecule has 0 radical (unpaired) electrons. The normalized spacial score (nSPS) is 17.1. The van der Waals surface area contributed by atoms with Crippen molar-refractivity contribution in [3.05, 3.63) is 80.5 Å². The second-order valence-electron chi connectivity index (χ2n) is 7.86. The number of ether oxygens (including phenoxy) is 3. The third-order valence-corrected chi connectivity index (χ3v) is 6.90. The van der Waals surface area contributed by atoms with E-state index in [0.717, 1.165) is 30.0 Å². The van der Waals surface area contributed by atoms with Gasteiger partial charge in [-0.05, 0) is 58.8 Å². The highest BCUT2D eigenvalue weighted by Gasteiger charge is 2.32. The minimum atomic E-state index is -0.591. The Morgan fingerprint density at radius 1 is 1.12 bits per heavy atom. The predicted octanol–water partition coefficient (Wildman–Crippen LogP) is 4.94. The van der Waals surface area contributed by atoms with Gasteiger partial charge in [-0.2, -0.15) is 0 Å². The maximum Gasteiger partial charge on any atom is 0.161 e. The van der Waals surface area contributed by atoms with E-state index in [4.69, 9.17) is 25.8 Å². The molecule has 0 saturated heterocycles. The molecule has 3 aromatic rings. The van der Waals surface area contributed by atoms with E-state index in [9.17, 15) is 5.11 Å². The van der Waals surface area contributed by atoms with Crippen molar-refractivity contribution in [3.8, 4) is 11.5 Å². The van der Waals surface area contributed by atoms with E-state index in [2.05, 4.69) is 34.5 Å². The van der Waals surface area contributed by atoms with Crippen molar-refractivity contribution in [3.63, 3.8) is 0 Å². The minimum absolute atomic E-state index is 0.0597. The van der Waals surface area contributed by atoms with Gasteiger partial charge in [0.1, 0.15) is 0 Å². The molecule has 0 amide bonds. The van der Waals surface area contributed by atoms with E-state index in [0.29, 0.717) is 18.2 Å². The molecule has 2 atom stereocenters. The summed E-state index contributed by atoms with van der Waals surface area (Å²) in [6.45, 7) is 2.09. The second-order valence-corrected chi connectivity index (χ2v) is 9.28. The number of benzene rings is 2. The van der Waals surface area contributed by atoms with E-state index in [1.54, 1.807) is 25.6 Å². The number of hydrogen-bond donors (Lipinski definition) is 1. The number of thiophene rings is 1. The summed E-state index contributed by atoms with van der Waals surface area (Å²) in [6, 6.07) is 16.0. The maximum absolute atomic E-state index is 10.7. The van der Waals surface area contributed by atoms with E-state index in [-0.39, 0.29) is 12.6 Å². The molecule has 0 spiro atoms. The molecule has 2 aromatic carbocycles. The van der Waals surface area contributed by atoms with Crippen LogP contribution in [0.4, 0.5) is 0 Å². The van der Waals surface area contributed by atoms with Gasteiger partial charge >= 0.3 is 0 Å². The zero-order valence-corrected chi connectivity index (χ0v) is 19.9. The predicted molar refractivity (Wildman–Crippen MR) is 128 cm³/mol. The molecule has 1 aromatic heterocycles. The van der Waals surface area contributed by atoms with Crippen molar-refractivity contribution in [1.29, 1.82) is 0 Å². The summed E-state index contributed by atoms with van der Waals surface area (Å²) in [7, 11) is 3.32. The molecule has 1 aliphatic rings. The van der Waals surface area contributed by atoms with E-state index in [1.165, 1.54) is 16.0 Å². The zero-order chi connectivity index (χ0) is 22.5. The summed E-state index contributed by atoms with van der Waals surface area (Å²) in [4.78, 5) is 3.57. The van der Waals surface area contributed by atoms with Crippen LogP contribution < -0.4 is 9.47 Å². The second kappa shape index (κ2) is 10.7. The van der Waals surface area contributed by atoms with E-state index in [1.807, 2.05) is 24.3 Å². The summed E-state index contributed by atoms with van der Waals surface area (Å²) in [5.74, 6) is 1.47. The van der Waals surface area contributed by atoms with Crippen LogP contribution in [0.5, 0.6) is 11.5 Å². The van der Waals surface area contributed by atoms with Crippen LogP contribution in [0, 0.1) is 0 Å². The fraction of sp³-hybridized carbons (Fsp3) is 0.360. The largest absolute Gasteiger partial charge is 0.493 e. The van der Waals surface area contributed by atoms with Gasteiger partial charge in [0.25, 0.3) is 0 Å². The molecule has 1 N–H and O–H groups in total. The quantitative estimate of drug-likeness (QED) is 0.477. The Bertz CT molecular complexity index is 1010. The summed E-state index contributed by atoms with van der Waals surface area (Å²) >= 11 is 7.66. The number of fused-ring (bicyclic) bond motifs is 1. The minimum Gasteiger partial charge on any atom is -0.493 e. The molecule has 5 nitrogen and oxygen atoms in total. The SMILES string of the molecule is COc1cc2c(cc1OC)[C@H](c1cccs1)N(C[C@H](O)COCc1ccc(Cl)cc1)CC2. The highest BCUT2D eigenvalue weighted by atomic mass is 35.5. The van der Waals surface area contributed by atoms with Crippen LogP contribution in [0.3, 0.4) is 0 Å². The fourth-order valence-corrected chi connectivity index (χ4v) is 5.19. The van der Waals surface area contributed by atoms with Gasteiger partial charge in [-0.1, -0.05) is 29.8 Å². The number of halogens is 1. The zero-order valence-electron chi connectivity index (χ0n) is 18.3. The van der Waals surface area contributed by atoms with Crippen LogP contribution >= 0.6 is 22.9 Å². The standard InChI is InChI=1S/C25H28ClNO4S/c1-29-22-12-18-9-10-27(14-20(28)16-31-15-17-5-7-19(26)8-6-17)25(24-4-3-11-32-24)21(18)13-23(22)30-2/h3-8,11-13,20,25,28H,9-10,14-16H2,1-2H3/t20-,25+/m0/s1. The highest BCUT2D eigenvalue weighted by Crippen LogP contribution is 2.42. The molecular weight excluding hydrogens is 446 g/mol. The van der Waals surface area contributed by atoms with Crippen LogP contribution in [0.25, 0.3) is 0 Å². The summed E-state index contributed by atoms with van der Waals surface area (Å²) < 4.78 is 16.8. The van der Waals surface area contributed by atoms with Crippen molar-refractivity contribution in [2.45, 2.75) is 25.2 Å². The lowest BCUT2D eigenvalue weighted by atomic mass is 9.90. The van der Waals surface area contributed by atoms with Crippen LogP contribution in [-0.4, -0.2) is 50.0 Å². The molecule has 170 valence electrons. The molecule has 0 aliphatic carbocycles. The number of methoxy groups -OCH3 is 2. The molecule has 0 saturated carbocycles. The Labute approximate surface area is 198 Å². The Balaban J connectivity index is 1.47. The molecule has 0 unspecified atom stereocenters. The number of hydrogen-bond acceptors (Lipinski definition) is 6. The number of β-amino-alcohol motifs (C(OH)–C–C–N with tert-alkyl or cyclic N) is 1. The average Bonchev–Trinajstić information content (AvgIpc) is 3.33. The van der Waals surface area contributed by atoms with Gasteiger partial charge in [-0.3, -0.25) is 4.90 Å². The average molecular weight is 474 g/mol. The molecule has 0 bridgehead atoms. The molecule has 7 heteroatoms. The first-order valence-electron chi connectivity index (χ1n) is 10.6. The third-order valence-electron chi connectivity index (χ3n) is 5.72. The maximum atomic E-state index is 10.7. The molecule has 4 rings (SSSR count). The fourth-order valence-electron chi connectivity index (χ4n) is 4.19.